The van der Waals surface area contributed by atoms with Gasteiger partial charge in [0.2, 0.25) is 5.91 Å². The molecule has 4 nitrogen and oxygen atoms in total. The Morgan fingerprint density at radius 3 is 3.14 bits per heavy atom. The number of carbonyl (C=O) groups excluding carboxylic acids is 1. The molecule has 0 radical (unpaired) electrons. The summed E-state index contributed by atoms with van der Waals surface area (Å²) >= 11 is 1.74. The lowest BCUT2D eigenvalue weighted by molar-refractivity contribution is -0.131. The SMILES string of the molecule is CCc1csc([C@H]2CCCN(C(=O)Cc3cccnc3)C2)n1. The molecule has 2 aromatic heterocycles. The largest absolute Gasteiger partial charge is 0.342 e. The van der Waals surface area contributed by atoms with Crippen molar-refractivity contribution < 1.29 is 4.79 Å². The van der Waals surface area contributed by atoms with Crippen LogP contribution in [0.25, 0.3) is 0 Å². The minimum atomic E-state index is 0.199. The molecule has 2 aromatic rings. The van der Waals surface area contributed by atoms with Crippen LogP contribution in [0.2, 0.25) is 0 Å². The smallest absolute Gasteiger partial charge is 0.227 e. The Hall–Kier alpha value is -1.75. The highest BCUT2D eigenvalue weighted by Gasteiger charge is 2.26. The molecule has 0 bridgehead atoms. The van der Waals surface area contributed by atoms with Gasteiger partial charge in [-0.15, -0.1) is 11.3 Å². The lowest BCUT2D eigenvalue weighted by atomic mass is 9.98. The van der Waals surface area contributed by atoms with Crippen molar-refractivity contribution in [2.24, 2.45) is 0 Å². The maximum absolute atomic E-state index is 12.5. The summed E-state index contributed by atoms with van der Waals surface area (Å²) in [5, 5.41) is 3.34. The maximum Gasteiger partial charge on any atom is 0.227 e. The molecule has 0 saturated carbocycles. The Bertz CT molecular complexity index is 626. The molecule has 0 N–H and O–H groups in total. The quantitative estimate of drug-likeness (QED) is 0.871. The minimum absolute atomic E-state index is 0.199. The van der Waals surface area contributed by atoms with Crippen molar-refractivity contribution >= 4 is 17.2 Å². The monoisotopic (exact) mass is 315 g/mol. The molecule has 22 heavy (non-hydrogen) atoms. The number of pyridine rings is 1. The number of thiazole rings is 1. The minimum Gasteiger partial charge on any atom is -0.342 e. The predicted molar refractivity (Wildman–Crippen MR) is 88.0 cm³/mol. The summed E-state index contributed by atoms with van der Waals surface area (Å²) in [6.45, 7) is 3.79. The molecule has 0 aliphatic carbocycles. The van der Waals surface area contributed by atoms with E-state index in [0.717, 1.165) is 37.9 Å². The van der Waals surface area contributed by atoms with Crippen molar-refractivity contribution in [2.75, 3.05) is 13.1 Å². The van der Waals surface area contributed by atoms with Gasteiger partial charge in [-0.25, -0.2) is 4.98 Å². The summed E-state index contributed by atoms with van der Waals surface area (Å²) in [5.74, 6) is 0.599. The zero-order valence-corrected chi connectivity index (χ0v) is 13.7. The van der Waals surface area contributed by atoms with Crippen LogP contribution < -0.4 is 0 Å². The van der Waals surface area contributed by atoms with E-state index in [-0.39, 0.29) is 5.91 Å². The van der Waals surface area contributed by atoms with Gasteiger partial charge in [0.15, 0.2) is 0 Å². The molecule has 5 heteroatoms. The van der Waals surface area contributed by atoms with E-state index < -0.39 is 0 Å². The molecule has 3 heterocycles. The normalized spacial score (nSPS) is 18.4. The molecular formula is C17H21N3OS. The molecule has 3 rings (SSSR count). The first-order valence-electron chi connectivity index (χ1n) is 7.87. The van der Waals surface area contributed by atoms with E-state index in [1.54, 1.807) is 23.7 Å². The fourth-order valence-electron chi connectivity index (χ4n) is 2.87. The molecule has 1 aliphatic rings. The van der Waals surface area contributed by atoms with Crippen molar-refractivity contribution in [1.82, 2.24) is 14.9 Å². The first-order valence-corrected chi connectivity index (χ1v) is 8.75. The molecule has 0 aromatic carbocycles. The summed E-state index contributed by atoms with van der Waals surface area (Å²) in [5.41, 5.74) is 2.15. The van der Waals surface area contributed by atoms with Crippen LogP contribution in [0.3, 0.4) is 0 Å². The third-order valence-electron chi connectivity index (χ3n) is 4.13. The first kappa shape index (κ1) is 15.2. The zero-order valence-electron chi connectivity index (χ0n) is 12.9. The van der Waals surface area contributed by atoms with Crippen molar-refractivity contribution in [3.8, 4) is 0 Å². The lowest BCUT2D eigenvalue weighted by Gasteiger charge is -2.32. The second-order valence-corrected chi connectivity index (χ2v) is 6.64. The van der Waals surface area contributed by atoms with E-state index >= 15 is 0 Å². The van der Waals surface area contributed by atoms with Crippen molar-refractivity contribution in [1.29, 1.82) is 0 Å². The molecular weight excluding hydrogens is 294 g/mol. The second-order valence-electron chi connectivity index (χ2n) is 5.75. The third-order valence-corrected chi connectivity index (χ3v) is 5.19. The lowest BCUT2D eigenvalue weighted by Crippen LogP contribution is -2.39. The van der Waals surface area contributed by atoms with Gasteiger partial charge in [-0.2, -0.15) is 0 Å². The van der Waals surface area contributed by atoms with Crippen LogP contribution in [0.1, 0.15) is 41.9 Å². The van der Waals surface area contributed by atoms with E-state index in [4.69, 9.17) is 4.98 Å². The fourth-order valence-corrected chi connectivity index (χ4v) is 3.90. The van der Waals surface area contributed by atoms with Crippen molar-refractivity contribution in [3.05, 3.63) is 46.2 Å². The number of aryl methyl sites for hydroxylation is 1. The van der Waals surface area contributed by atoms with E-state index in [9.17, 15) is 4.79 Å². The van der Waals surface area contributed by atoms with Crippen LogP contribution in [0.4, 0.5) is 0 Å². The average Bonchev–Trinajstić information content (AvgIpc) is 3.05. The van der Waals surface area contributed by atoms with Gasteiger partial charge in [-0.1, -0.05) is 13.0 Å². The number of carbonyl (C=O) groups is 1. The molecule has 116 valence electrons. The topological polar surface area (TPSA) is 46.1 Å². The Kier molecular flexibility index (Phi) is 4.83. The molecule has 1 amide bonds. The van der Waals surface area contributed by atoms with Gasteiger partial charge in [-0.05, 0) is 30.9 Å². The highest BCUT2D eigenvalue weighted by Crippen LogP contribution is 2.29. The number of aromatic nitrogens is 2. The molecule has 1 aliphatic heterocycles. The summed E-state index contributed by atoms with van der Waals surface area (Å²) in [4.78, 5) is 23.3. The Labute approximate surface area is 135 Å². The highest BCUT2D eigenvalue weighted by atomic mass is 32.1. The van der Waals surface area contributed by atoms with Crippen LogP contribution >= 0.6 is 11.3 Å². The average molecular weight is 315 g/mol. The van der Waals surface area contributed by atoms with E-state index in [1.807, 2.05) is 17.0 Å². The maximum atomic E-state index is 12.5. The summed E-state index contributed by atoms with van der Waals surface area (Å²) < 4.78 is 0. The van der Waals surface area contributed by atoms with Gasteiger partial charge in [0.1, 0.15) is 0 Å². The standard InChI is InChI=1S/C17H21N3OS/c1-2-15-12-22-17(19-15)14-6-4-8-20(11-14)16(21)9-13-5-3-7-18-10-13/h3,5,7,10,12,14H,2,4,6,8-9,11H2,1H3/t14-/m0/s1. The molecule has 1 fully saturated rings. The molecule has 1 saturated heterocycles. The third kappa shape index (κ3) is 3.53. The predicted octanol–water partition coefficient (Wildman–Crippen LogP) is 3.05. The zero-order chi connectivity index (χ0) is 15.4. The van der Waals surface area contributed by atoms with Crippen LogP contribution in [0.5, 0.6) is 0 Å². The summed E-state index contributed by atoms with van der Waals surface area (Å²) in [6.07, 6.45) is 7.12. The van der Waals surface area contributed by atoms with Gasteiger partial charge < -0.3 is 4.90 Å². The summed E-state index contributed by atoms with van der Waals surface area (Å²) in [7, 11) is 0. The van der Waals surface area contributed by atoms with Gasteiger partial charge in [0.25, 0.3) is 0 Å². The number of hydrogen-bond acceptors (Lipinski definition) is 4. The fraction of sp³-hybridized carbons (Fsp3) is 0.471. The molecule has 0 unspecified atom stereocenters. The van der Waals surface area contributed by atoms with Crippen LogP contribution in [0, 0.1) is 0 Å². The summed E-state index contributed by atoms with van der Waals surface area (Å²) in [6, 6.07) is 3.84. The Morgan fingerprint density at radius 1 is 1.50 bits per heavy atom. The Morgan fingerprint density at radius 2 is 2.41 bits per heavy atom. The Balaban J connectivity index is 1.63. The van der Waals surface area contributed by atoms with Gasteiger partial charge in [-0.3, -0.25) is 9.78 Å². The van der Waals surface area contributed by atoms with E-state index in [1.165, 1.54) is 10.7 Å². The second kappa shape index (κ2) is 7.01. The molecule has 1 atom stereocenters. The van der Waals surface area contributed by atoms with Gasteiger partial charge in [0.05, 0.1) is 17.1 Å². The van der Waals surface area contributed by atoms with Crippen LogP contribution in [0.15, 0.2) is 29.9 Å². The number of nitrogens with zero attached hydrogens (tertiary/aromatic N) is 3. The number of piperidine rings is 1. The van der Waals surface area contributed by atoms with E-state index in [2.05, 4.69) is 17.3 Å². The van der Waals surface area contributed by atoms with Crippen LogP contribution in [-0.2, 0) is 17.6 Å². The van der Waals surface area contributed by atoms with Crippen molar-refractivity contribution in [2.45, 2.75) is 38.5 Å². The first-order chi connectivity index (χ1) is 10.8. The number of likely N-dealkylation sites (tertiary alicyclic amines) is 1. The van der Waals surface area contributed by atoms with Gasteiger partial charge in [0, 0.05) is 36.8 Å². The number of rotatable bonds is 4. The highest BCUT2D eigenvalue weighted by molar-refractivity contribution is 7.09. The number of hydrogen-bond donors (Lipinski definition) is 0. The van der Waals surface area contributed by atoms with E-state index in [0.29, 0.717) is 12.3 Å². The van der Waals surface area contributed by atoms with Gasteiger partial charge >= 0.3 is 0 Å². The van der Waals surface area contributed by atoms with Crippen molar-refractivity contribution in [3.63, 3.8) is 0 Å². The molecule has 0 spiro atoms. The number of amides is 1. The van der Waals surface area contributed by atoms with Crippen LogP contribution in [-0.4, -0.2) is 33.9 Å².